The van der Waals surface area contributed by atoms with E-state index in [0.29, 0.717) is 18.5 Å². The van der Waals surface area contributed by atoms with E-state index in [1.165, 1.54) is 6.07 Å². The molecule has 2 N–H and O–H groups in total. The molecule has 2 rings (SSSR count). The van der Waals surface area contributed by atoms with Gasteiger partial charge in [-0.25, -0.2) is 13.1 Å². The normalized spacial score (nSPS) is 20.4. The van der Waals surface area contributed by atoms with E-state index in [1.54, 1.807) is 5.38 Å². The highest BCUT2D eigenvalue weighted by Gasteiger charge is 2.19. The number of aliphatic hydroxyl groups is 1. The van der Waals surface area contributed by atoms with Crippen LogP contribution in [0.15, 0.2) is 15.7 Å². The minimum Gasteiger partial charge on any atom is -0.392 e. The second kappa shape index (κ2) is 6.12. The van der Waals surface area contributed by atoms with Crippen molar-refractivity contribution in [1.29, 1.82) is 0 Å². The molecule has 5 nitrogen and oxygen atoms in total. The molecule has 1 aliphatic rings. The average Bonchev–Trinajstić information content (AvgIpc) is 2.99. The van der Waals surface area contributed by atoms with E-state index in [9.17, 15) is 8.42 Å². The molecular weight excluding hydrogens is 274 g/mol. The molecule has 102 valence electrons. The minimum atomic E-state index is -3.44. The molecule has 0 aromatic carbocycles. The van der Waals surface area contributed by atoms with Crippen molar-refractivity contribution in [1.82, 2.24) is 4.72 Å². The monoisotopic (exact) mass is 291 g/mol. The zero-order chi connectivity index (χ0) is 13.0. The van der Waals surface area contributed by atoms with Crippen molar-refractivity contribution in [3.63, 3.8) is 0 Å². The number of rotatable bonds is 6. The number of hydrogen-bond acceptors (Lipinski definition) is 5. The molecular formula is C11H17NO4S2. The molecule has 0 bridgehead atoms. The highest BCUT2D eigenvalue weighted by Crippen LogP contribution is 2.20. The predicted molar refractivity (Wildman–Crippen MR) is 69.0 cm³/mol. The molecule has 2 heterocycles. The van der Waals surface area contributed by atoms with E-state index in [4.69, 9.17) is 9.84 Å². The highest BCUT2D eigenvalue weighted by molar-refractivity contribution is 7.91. The van der Waals surface area contributed by atoms with Gasteiger partial charge in [0.2, 0.25) is 10.0 Å². The topological polar surface area (TPSA) is 75.6 Å². The summed E-state index contributed by atoms with van der Waals surface area (Å²) in [6.45, 7) is 1.03. The number of aliphatic hydroxyl groups excluding tert-OH is 1. The molecule has 1 unspecified atom stereocenters. The Morgan fingerprint density at radius 3 is 3.00 bits per heavy atom. The van der Waals surface area contributed by atoms with Crippen LogP contribution in [0.25, 0.3) is 0 Å². The fourth-order valence-electron chi connectivity index (χ4n) is 1.87. The van der Waals surface area contributed by atoms with Crippen LogP contribution in [-0.2, 0) is 21.4 Å². The van der Waals surface area contributed by atoms with E-state index >= 15 is 0 Å². The molecule has 1 aliphatic heterocycles. The Hall–Kier alpha value is -0.470. The van der Waals surface area contributed by atoms with Gasteiger partial charge in [-0.15, -0.1) is 11.3 Å². The van der Waals surface area contributed by atoms with Crippen molar-refractivity contribution in [2.24, 2.45) is 0 Å². The SMILES string of the molecule is O=S(=O)(NCCC1CCCO1)c1cc(CO)cs1. The van der Waals surface area contributed by atoms with Crippen LogP contribution in [0, 0.1) is 0 Å². The Bertz CT molecular complexity index is 477. The van der Waals surface area contributed by atoms with Crippen molar-refractivity contribution in [3.8, 4) is 0 Å². The quantitative estimate of drug-likeness (QED) is 0.822. The molecule has 1 aromatic heterocycles. The van der Waals surface area contributed by atoms with Crippen LogP contribution in [0.3, 0.4) is 0 Å². The van der Waals surface area contributed by atoms with Crippen LogP contribution in [-0.4, -0.2) is 32.8 Å². The molecule has 7 heteroatoms. The van der Waals surface area contributed by atoms with Crippen molar-refractivity contribution >= 4 is 21.4 Å². The summed E-state index contributed by atoms with van der Waals surface area (Å²) in [4.78, 5) is 0. The molecule has 18 heavy (non-hydrogen) atoms. The van der Waals surface area contributed by atoms with Crippen LogP contribution >= 0.6 is 11.3 Å². The second-order valence-electron chi connectivity index (χ2n) is 4.25. The number of hydrogen-bond donors (Lipinski definition) is 2. The molecule has 0 spiro atoms. The molecule has 1 atom stereocenters. The van der Waals surface area contributed by atoms with E-state index in [-0.39, 0.29) is 16.9 Å². The van der Waals surface area contributed by atoms with Gasteiger partial charge < -0.3 is 9.84 Å². The predicted octanol–water partition coefficient (Wildman–Crippen LogP) is 1.09. The fourth-order valence-corrected chi connectivity index (χ4v) is 4.17. The van der Waals surface area contributed by atoms with E-state index in [1.807, 2.05) is 0 Å². The van der Waals surface area contributed by atoms with Gasteiger partial charge in [-0.3, -0.25) is 0 Å². The van der Waals surface area contributed by atoms with Gasteiger partial charge in [-0.1, -0.05) is 0 Å². The maximum Gasteiger partial charge on any atom is 0.250 e. The Labute approximate surface area is 111 Å². The highest BCUT2D eigenvalue weighted by atomic mass is 32.2. The van der Waals surface area contributed by atoms with Gasteiger partial charge in [-0.05, 0) is 36.3 Å². The number of ether oxygens (including phenoxy) is 1. The fraction of sp³-hybridized carbons (Fsp3) is 0.636. The molecule has 1 fully saturated rings. The van der Waals surface area contributed by atoms with Crippen LogP contribution in [0.4, 0.5) is 0 Å². The summed E-state index contributed by atoms with van der Waals surface area (Å²) >= 11 is 1.12. The maximum absolute atomic E-state index is 11.9. The standard InChI is InChI=1S/C11H17NO4S2/c13-7-9-6-11(17-8-9)18(14,15)12-4-3-10-2-1-5-16-10/h6,8,10,12-13H,1-5,7H2. The van der Waals surface area contributed by atoms with Crippen LogP contribution in [0.5, 0.6) is 0 Å². The lowest BCUT2D eigenvalue weighted by Gasteiger charge is -2.09. The number of sulfonamides is 1. The minimum absolute atomic E-state index is 0.137. The van der Waals surface area contributed by atoms with Crippen LogP contribution < -0.4 is 4.72 Å². The van der Waals surface area contributed by atoms with E-state index in [0.717, 1.165) is 30.8 Å². The lowest BCUT2D eigenvalue weighted by atomic mass is 10.2. The van der Waals surface area contributed by atoms with Crippen LogP contribution in [0.2, 0.25) is 0 Å². The Kier molecular flexibility index (Phi) is 4.74. The first-order valence-corrected chi connectivity index (χ1v) is 8.27. The van der Waals surface area contributed by atoms with Crippen molar-refractivity contribution < 1.29 is 18.3 Å². The van der Waals surface area contributed by atoms with E-state index in [2.05, 4.69) is 4.72 Å². The summed E-state index contributed by atoms with van der Waals surface area (Å²) in [6.07, 6.45) is 2.96. The molecule has 0 saturated carbocycles. The van der Waals surface area contributed by atoms with Gasteiger partial charge in [0.1, 0.15) is 4.21 Å². The third kappa shape index (κ3) is 3.52. The van der Waals surface area contributed by atoms with Gasteiger partial charge in [0.15, 0.2) is 0 Å². The largest absolute Gasteiger partial charge is 0.392 e. The molecule has 1 aromatic rings. The lowest BCUT2D eigenvalue weighted by molar-refractivity contribution is 0.105. The molecule has 0 aliphatic carbocycles. The lowest BCUT2D eigenvalue weighted by Crippen LogP contribution is -2.26. The first-order chi connectivity index (χ1) is 8.62. The average molecular weight is 291 g/mol. The number of nitrogens with one attached hydrogen (secondary N) is 1. The Morgan fingerprint density at radius 2 is 2.39 bits per heavy atom. The summed E-state index contributed by atoms with van der Waals surface area (Å²) in [6, 6.07) is 1.50. The van der Waals surface area contributed by atoms with Crippen molar-refractivity contribution in [2.45, 2.75) is 36.2 Å². The van der Waals surface area contributed by atoms with Gasteiger partial charge in [-0.2, -0.15) is 0 Å². The first-order valence-electron chi connectivity index (χ1n) is 5.91. The first kappa shape index (κ1) is 14.0. The Balaban J connectivity index is 1.86. The number of thiophene rings is 1. The van der Waals surface area contributed by atoms with Crippen LogP contribution in [0.1, 0.15) is 24.8 Å². The smallest absolute Gasteiger partial charge is 0.250 e. The summed E-state index contributed by atoms with van der Waals surface area (Å²) in [7, 11) is -3.44. The molecule has 1 saturated heterocycles. The summed E-state index contributed by atoms with van der Waals surface area (Å²) in [5, 5.41) is 10.6. The summed E-state index contributed by atoms with van der Waals surface area (Å²) in [5.74, 6) is 0. The third-order valence-corrected chi connectivity index (χ3v) is 5.81. The Morgan fingerprint density at radius 1 is 1.56 bits per heavy atom. The van der Waals surface area contributed by atoms with Gasteiger partial charge in [0.05, 0.1) is 12.7 Å². The molecule has 0 radical (unpaired) electrons. The zero-order valence-corrected chi connectivity index (χ0v) is 11.6. The third-order valence-electron chi connectivity index (χ3n) is 2.86. The molecule has 0 amide bonds. The van der Waals surface area contributed by atoms with Gasteiger partial charge >= 0.3 is 0 Å². The summed E-state index contributed by atoms with van der Waals surface area (Å²) < 4.78 is 32.1. The second-order valence-corrected chi connectivity index (χ2v) is 7.16. The van der Waals surface area contributed by atoms with Crippen molar-refractivity contribution in [3.05, 3.63) is 17.0 Å². The zero-order valence-electron chi connectivity index (χ0n) is 9.96. The van der Waals surface area contributed by atoms with Gasteiger partial charge in [0.25, 0.3) is 0 Å². The van der Waals surface area contributed by atoms with Gasteiger partial charge in [0, 0.05) is 13.2 Å². The van der Waals surface area contributed by atoms with E-state index < -0.39 is 10.0 Å². The van der Waals surface area contributed by atoms with Crippen molar-refractivity contribution in [2.75, 3.05) is 13.2 Å². The summed E-state index contributed by atoms with van der Waals surface area (Å²) in [5.41, 5.74) is 0.625. The maximum atomic E-state index is 11.9.